The second-order valence-electron chi connectivity index (χ2n) is 5.29. The van der Waals surface area contributed by atoms with Crippen molar-refractivity contribution < 1.29 is 23.1 Å². The zero-order valence-corrected chi connectivity index (χ0v) is 12.9. The lowest BCUT2D eigenvalue weighted by molar-refractivity contribution is -0.142. The fourth-order valence-electron chi connectivity index (χ4n) is 1.98. The summed E-state index contributed by atoms with van der Waals surface area (Å²) in [6, 6.07) is 3.91. The van der Waals surface area contributed by atoms with Crippen LogP contribution in [-0.2, 0) is 11.0 Å². The fourth-order valence-corrected chi connectivity index (χ4v) is 1.98. The first-order valence-electron chi connectivity index (χ1n) is 6.99. The summed E-state index contributed by atoms with van der Waals surface area (Å²) in [6.45, 7) is 1.48. The second-order valence-corrected chi connectivity index (χ2v) is 5.29. The van der Waals surface area contributed by atoms with Crippen LogP contribution < -0.4 is 4.90 Å². The Morgan fingerprint density at radius 2 is 2.08 bits per heavy atom. The van der Waals surface area contributed by atoms with Crippen LogP contribution in [0.25, 0.3) is 11.4 Å². The van der Waals surface area contributed by atoms with Crippen LogP contribution in [0.15, 0.2) is 30.6 Å². The molecule has 0 bridgehead atoms. The summed E-state index contributed by atoms with van der Waals surface area (Å²) in [6.07, 6.45) is -1.80. The van der Waals surface area contributed by atoms with E-state index < -0.39 is 23.8 Å². The van der Waals surface area contributed by atoms with Gasteiger partial charge in [0, 0.05) is 37.6 Å². The van der Waals surface area contributed by atoms with Crippen molar-refractivity contribution in [2.75, 3.05) is 18.5 Å². The van der Waals surface area contributed by atoms with Crippen molar-refractivity contribution in [2.45, 2.75) is 13.1 Å². The van der Waals surface area contributed by atoms with Gasteiger partial charge in [0.2, 0.25) is 0 Å². The number of rotatable bonds is 5. The second kappa shape index (κ2) is 6.81. The van der Waals surface area contributed by atoms with Crippen LogP contribution in [0, 0.1) is 5.92 Å². The minimum Gasteiger partial charge on any atom is -0.481 e. The Morgan fingerprint density at radius 1 is 1.38 bits per heavy atom. The predicted octanol–water partition coefficient (Wildman–Crippen LogP) is 2.71. The quantitative estimate of drug-likeness (QED) is 0.901. The van der Waals surface area contributed by atoms with E-state index >= 15 is 0 Å². The lowest BCUT2D eigenvalue weighted by Gasteiger charge is -2.22. The molecule has 2 aromatic heterocycles. The van der Waals surface area contributed by atoms with Gasteiger partial charge in [0.25, 0.3) is 0 Å². The monoisotopic (exact) mass is 340 g/mol. The predicted molar refractivity (Wildman–Crippen MR) is 80.3 cm³/mol. The van der Waals surface area contributed by atoms with E-state index in [4.69, 9.17) is 5.11 Å². The molecule has 0 saturated heterocycles. The molecule has 1 unspecified atom stereocenters. The highest BCUT2D eigenvalue weighted by Crippen LogP contribution is 2.31. The van der Waals surface area contributed by atoms with Gasteiger partial charge in [-0.05, 0) is 12.1 Å². The van der Waals surface area contributed by atoms with E-state index in [2.05, 4.69) is 15.0 Å². The highest BCUT2D eigenvalue weighted by Gasteiger charge is 2.34. The van der Waals surface area contributed by atoms with Crippen molar-refractivity contribution in [3.05, 3.63) is 36.3 Å². The molecule has 0 radical (unpaired) electrons. The maximum Gasteiger partial charge on any atom is 0.433 e. The van der Waals surface area contributed by atoms with Crippen molar-refractivity contribution in [1.29, 1.82) is 0 Å². The molecule has 0 aromatic carbocycles. The molecule has 1 atom stereocenters. The van der Waals surface area contributed by atoms with E-state index in [9.17, 15) is 18.0 Å². The molecule has 0 saturated carbocycles. The van der Waals surface area contributed by atoms with Gasteiger partial charge in [-0.3, -0.25) is 9.78 Å². The van der Waals surface area contributed by atoms with Crippen LogP contribution in [0.1, 0.15) is 12.6 Å². The standard InChI is InChI=1S/C15H15F3N4O2/c1-9(14(23)24)8-22(2)12-6-11(15(16,17)18)20-13(21-12)10-4-3-5-19-7-10/h3-7,9H,8H2,1-2H3,(H,23,24). The van der Waals surface area contributed by atoms with E-state index in [0.717, 1.165) is 6.07 Å². The number of carboxylic acid groups (broad SMARTS) is 1. The minimum absolute atomic E-state index is 0.00993. The molecule has 0 aliphatic carbocycles. The SMILES string of the molecule is CC(CN(C)c1cc(C(F)(F)F)nc(-c2cccnc2)n1)C(=O)O. The first-order valence-corrected chi connectivity index (χ1v) is 6.99. The number of anilines is 1. The highest BCUT2D eigenvalue weighted by atomic mass is 19.4. The molecule has 2 rings (SSSR count). The van der Waals surface area contributed by atoms with Crippen LogP contribution >= 0.6 is 0 Å². The van der Waals surface area contributed by atoms with Crippen LogP contribution in [0.3, 0.4) is 0 Å². The van der Waals surface area contributed by atoms with Crippen LogP contribution in [-0.4, -0.2) is 39.6 Å². The van der Waals surface area contributed by atoms with E-state index in [0.29, 0.717) is 5.56 Å². The maximum absolute atomic E-state index is 13.1. The largest absolute Gasteiger partial charge is 0.481 e. The molecule has 0 aliphatic rings. The number of aliphatic carboxylic acids is 1. The molecule has 6 nitrogen and oxygen atoms in total. The number of carbonyl (C=O) groups is 1. The lowest BCUT2D eigenvalue weighted by Crippen LogP contribution is -2.29. The van der Waals surface area contributed by atoms with E-state index in [1.165, 1.54) is 31.3 Å². The number of halogens is 3. The molecule has 0 aliphatic heterocycles. The molecule has 0 amide bonds. The van der Waals surface area contributed by atoms with Gasteiger partial charge in [0.05, 0.1) is 5.92 Å². The third-order valence-electron chi connectivity index (χ3n) is 3.28. The Labute approximate surface area is 136 Å². The van der Waals surface area contributed by atoms with Crippen molar-refractivity contribution >= 4 is 11.8 Å². The van der Waals surface area contributed by atoms with E-state index in [1.54, 1.807) is 12.1 Å². The number of nitrogens with zero attached hydrogens (tertiary/aromatic N) is 4. The van der Waals surface area contributed by atoms with Gasteiger partial charge in [0.1, 0.15) is 5.82 Å². The third kappa shape index (κ3) is 4.18. The molecule has 0 fully saturated rings. The van der Waals surface area contributed by atoms with E-state index in [-0.39, 0.29) is 18.2 Å². The van der Waals surface area contributed by atoms with Gasteiger partial charge in [-0.2, -0.15) is 13.2 Å². The van der Waals surface area contributed by atoms with Gasteiger partial charge in [-0.25, -0.2) is 9.97 Å². The number of alkyl halides is 3. The zero-order valence-electron chi connectivity index (χ0n) is 12.9. The molecular formula is C15H15F3N4O2. The molecule has 24 heavy (non-hydrogen) atoms. The molecule has 1 N–H and O–H groups in total. The Balaban J connectivity index is 2.46. The molecule has 2 heterocycles. The lowest BCUT2D eigenvalue weighted by atomic mass is 10.2. The van der Waals surface area contributed by atoms with Crippen LogP contribution in [0.5, 0.6) is 0 Å². The van der Waals surface area contributed by atoms with Crippen LogP contribution in [0.2, 0.25) is 0 Å². The summed E-state index contributed by atoms with van der Waals surface area (Å²) in [5.74, 6) is -1.94. The summed E-state index contributed by atoms with van der Waals surface area (Å²) in [5, 5.41) is 8.95. The summed E-state index contributed by atoms with van der Waals surface area (Å²) in [5.41, 5.74) is -0.759. The molecule has 2 aromatic rings. The third-order valence-corrected chi connectivity index (χ3v) is 3.28. The van der Waals surface area contributed by atoms with Gasteiger partial charge in [0.15, 0.2) is 11.5 Å². The zero-order chi connectivity index (χ0) is 17.9. The van der Waals surface area contributed by atoms with Crippen molar-refractivity contribution in [3.8, 4) is 11.4 Å². The van der Waals surface area contributed by atoms with Gasteiger partial charge in [-0.1, -0.05) is 6.92 Å². The average Bonchev–Trinajstić information content (AvgIpc) is 2.54. The minimum atomic E-state index is -4.64. The molecule has 128 valence electrons. The molecule has 0 spiro atoms. The molecule has 9 heteroatoms. The Morgan fingerprint density at radius 3 is 2.62 bits per heavy atom. The van der Waals surface area contributed by atoms with Crippen LogP contribution in [0.4, 0.5) is 19.0 Å². The van der Waals surface area contributed by atoms with Gasteiger partial charge in [-0.15, -0.1) is 0 Å². The maximum atomic E-state index is 13.1. The fraction of sp³-hybridized carbons (Fsp3) is 0.333. The Kier molecular flexibility index (Phi) is 5.01. The summed E-state index contributed by atoms with van der Waals surface area (Å²) < 4.78 is 39.3. The molecular weight excluding hydrogens is 325 g/mol. The summed E-state index contributed by atoms with van der Waals surface area (Å²) in [4.78, 5) is 23.8. The normalized spacial score (nSPS) is 12.7. The Bertz CT molecular complexity index is 722. The number of aromatic nitrogens is 3. The smallest absolute Gasteiger partial charge is 0.433 e. The van der Waals surface area contributed by atoms with Gasteiger partial charge < -0.3 is 10.0 Å². The summed E-state index contributed by atoms with van der Waals surface area (Å²) in [7, 11) is 1.48. The van der Waals surface area contributed by atoms with Crippen molar-refractivity contribution in [2.24, 2.45) is 5.92 Å². The number of hydrogen-bond acceptors (Lipinski definition) is 5. The van der Waals surface area contributed by atoms with Crippen molar-refractivity contribution in [3.63, 3.8) is 0 Å². The van der Waals surface area contributed by atoms with Crippen molar-refractivity contribution in [1.82, 2.24) is 15.0 Å². The first-order chi connectivity index (χ1) is 11.2. The summed E-state index contributed by atoms with van der Waals surface area (Å²) >= 11 is 0. The first kappa shape index (κ1) is 17.6. The topological polar surface area (TPSA) is 79.2 Å². The van der Waals surface area contributed by atoms with Gasteiger partial charge >= 0.3 is 12.1 Å². The van der Waals surface area contributed by atoms with E-state index in [1.807, 2.05) is 0 Å². The number of hydrogen-bond donors (Lipinski definition) is 1. The Hall–Kier alpha value is -2.71. The highest BCUT2D eigenvalue weighted by molar-refractivity contribution is 5.70. The number of carboxylic acids is 1. The average molecular weight is 340 g/mol. The number of pyridine rings is 1.